The van der Waals surface area contributed by atoms with Gasteiger partial charge in [0.05, 0.1) is 11.2 Å². The van der Waals surface area contributed by atoms with Crippen LogP contribution in [0, 0.1) is 20.8 Å². The van der Waals surface area contributed by atoms with Crippen molar-refractivity contribution in [1.82, 2.24) is 9.71 Å². The molecule has 130 valence electrons. The number of benzene rings is 1. The van der Waals surface area contributed by atoms with Crippen LogP contribution in [0.25, 0.3) is 11.5 Å². The molecule has 0 bridgehead atoms. The Kier molecular flexibility index (Phi) is 4.74. The van der Waals surface area contributed by atoms with Crippen LogP contribution in [-0.4, -0.2) is 13.4 Å². The highest BCUT2D eigenvalue weighted by molar-refractivity contribution is 7.89. The molecule has 0 aliphatic heterocycles. The molecule has 2 heterocycles. The fourth-order valence-electron chi connectivity index (χ4n) is 3.05. The van der Waals surface area contributed by atoms with Crippen LogP contribution < -0.4 is 4.72 Å². The van der Waals surface area contributed by atoms with Crippen molar-refractivity contribution in [1.29, 1.82) is 0 Å². The lowest BCUT2D eigenvalue weighted by atomic mass is 10.1. The molecular weight excluding hydrogens is 336 g/mol. The van der Waals surface area contributed by atoms with Gasteiger partial charge in [-0.3, -0.25) is 4.98 Å². The number of rotatable bonds is 5. The van der Waals surface area contributed by atoms with Crippen LogP contribution in [0.4, 0.5) is 0 Å². The number of hydrogen-bond acceptors (Lipinski definition) is 4. The third-order valence-corrected chi connectivity index (χ3v) is 5.68. The van der Waals surface area contributed by atoms with Gasteiger partial charge in [0.1, 0.15) is 5.69 Å². The van der Waals surface area contributed by atoms with E-state index >= 15 is 0 Å². The van der Waals surface area contributed by atoms with Gasteiger partial charge in [-0.15, -0.1) is 0 Å². The molecule has 0 saturated heterocycles. The zero-order chi connectivity index (χ0) is 18.0. The molecule has 0 saturated carbocycles. The molecule has 0 spiro atoms. The van der Waals surface area contributed by atoms with Crippen LogP contribution in [0.5, 0.6) is 0 Å². The van der Waals surface area contributed by atoms with E-state index in [1.807, 2.05) is 39.0 Å². The second-order valence-corrected chi connectivity index (χ2v) is 7.74. The number of aryl methyl sites for hydroxylation is 3. The predicted molar refractivity (Wildman–Crippen MR) is 96.6 cm³/mol. The van der Waals surface area contributed by atoms with Crippen molar-refractivity contribution in [2.24, 2.45) is 0 Å². The molecule has 2 aromatic heterocycles. The van der Waals surface area contributed by atoms with E-state index in [1.54, 1.807) is 30.7 Å². The van der Waals surface area contributed by atoms with Gasteiger partial charge >= 0.3 is 0 Å². The molecule has 0 amide bonds. The number of nitrogens with zero attached hydrogens (tertiary/aromatic N) is 1. The Morgan fingerprint density at radius 3 is 2.44 bits per heavy atom. The molecule has 3 rings (SSSR count). The SMILES string of the molecule is Cc1cc(C)c(S(=O)(=O)NCc2cccnc2-c2ccco2)c(C)c1. The van der Waals surface area contributed by atoms with Crippen LogP contribution >= 0.6 is 0 Å². The number of pyridine rings is 1. The quantitative estimate of drug-likeness (QED) is 0.756. The first kappa shape index (κ1) is 17.4. The fraction of sp³-hybridized carbons (Fsp3) is 0.211. The number of hydrogen-bond donors (Lipinski definition) is 1. The second-order valence-electron chi connectivity index (χ2n) is 6.04. The Balaban J connectivity index is 1.90. The van der Waals surface area contributed by atoms with Crippen LogP contribution in [0.2, 0.25) is 0 Å². The number of aromatic nitrogens is 1. The Bertz CT molecular complexity index is 970. The summed E-state index contributed by atoms with van der Waals surface area (Å²) in [4.78, 5) is 4.65. The molecule has 3 aromatic rings. The van der Waals surface area contributed by atoms with Crippen LogP contribution in [0.15, 0.2) is 58.2 Å². The van der Waals surface area contributed by atoms with E-state index in [1.165, 1.54) is 0 Å². The molecule has 0 atom stereocenters. The van der Waals surface area contributed by atoms with E-state index in [0.29, 0.717) is 16.3 Å². The number of furan rings is 1. The maximum absolute atomic E-state index is 12.8. The molecule has 1 aromatic carbocycles. The molecule has 0 fully saturated rings. The average Bonchev–Trinajstić information content (AvgIpc) is 3.06. The summed E-state index contributed by atoms with van der Waals surface area (Å²) in [6.45, 7) is 5.72. The molecule has 25 heavy (non-hydrogen) atoms. The molecule has 6 heteroatoms. The first-order valence-electron chi connectivity index (χ1n) is 7.94. The van der Waals surface area contributed by atoms with Crippen molar-refractivity contribution < 1.29 is 12.8 Å². The van der Waals surface area contributed by atoms with E-state index in [-0.39, 0.29) is 6.54 Å². The van der Waals surface area contributed by atoms with E-state index in [9.17, 15) is 8.42 Å². The molecular formula is C19H20N2O3S. The van der Waals surface area contributed by atoms with Crippen molar-refractivity contribution in [3.8, 4) is 11.5 Å². The van der Waals surface area contributed by atoms with Gasteiger partial charge in [-0.25, -0.2) is 13.1 Å². The third kappa shape index (κ3) is 3.65. The lowest BCUT2D eigenvalue weighted by molar-refractivity contribution is 0.574. The zero-order valence-electron chi connectivity index (χ0n) is 14.4. The summed E-state index contributed by atoms with van der Waals surface area (Å²) < 4.78 is 33.7. The number of nitrogens with one attached hydrogen (secondary N) is 1. The van der Waals surface area contributed by atoms with Crippen LogP contribution in [0.1, 0.15) is 22.3 Å². The summed E-state index contributed by atoms with van der Waals surface area (Å²) in [5, 5.41) is 0. The third-order valence-electron chi connectivity index (χ3n) is 3.97. The fourth-order valence-corrected chi connectivity index (χ4v) is 4.51. The van der Waals surface area contributed by atoms with Crippen molar-refractivity contribution in [2.45, 2.75) is 32.2 Å². The lowest BCUT2D eigenvalue weighted by Crippen LogP contribution is -2.25. The Morgan fingerprint density at radius 1 is 1.08 bits per heavy atom. The minimum Gasteiger partial charge on any atom is -0.463 e. The molecule has 0 aliphatic carbocycles. The summed E-state index contributed by atoms with van der Waals surface area (Å²) in [5.41, 5.74) is 3.90. The molecule has 0 aliphatic rings. The van der Waals surface area contributed by atoms with Crippen molar-refractivity contribution in [3.63, 3.8) is 0 Å². The maximum Gasteiger partial charge on any atom is 0.241 e. The van der Waals surface area contributed by atoms with E-state index in [2.05, 4.69) is 9.71 Å². The highest BCUT2D eigenvalue weighted by Gasteiger charge is 2.20. The topological polar surface area (TPSA) is 72.2 Å². The summed E-state index contributed by atoms with van der Waals surface area (Å²) in [7, 11) is -3.63. The van der Waals surface area contributed by atoms with Crippen LogP contribution in [-0.2, 0) is 16.6 Å². The Morgan fingerprint density at radius 2 is 1.80 bits per heavy atom. The van der Waals surface area contributed by atoms with E-state index in [0.717, 1.165) is 22.3 Å². The van der Waals surface area contributed by atoms with Gasteiger partial charge in [-0.2, -0.15) is 0 Å². The summed E-state index contributed by atoms with van der Waals surface area (Å²) in [5.74, 6) is 0.609. The first-order chi connectivity index (χ1) is 11.9. The predicted octanol–water partition coefficient (Wildman–Crippen LogP) is 3.75. The molecule has 5 nitrogen and oxygen atoms in total. The Hall–Kier alpha value is -2.44. The second kappa shape index (κ2) is 6.82. The molecule has 1 N–H and O–H groups in total. The normalized spacial score (nSPS) is 11.6. The van der Waals surface area contributed by atoms with Crippen molar-refractivity contribution in [2.75, 3.05) is 0 Å². The van der Waals surface area contributed by atoms with E-state index < -0.39 is 10.0 Å². The largest absolute Gasteiger partial charge is 0.463 e. The summed E-state index contributed by atoms with van der Waals surface area (Å²) in [6.07, 6.45) is 3.22. The minimum absolute atomic E-state index is 0.138. The standard InChI is InChI=1S/C19H20N2O3S/c1-13-10-14(2)19(15(3)11-13)25(22,23)21-12-16-6-4-8-20-18(16)17-7-5-9-24-17/h4-11,21H,12H2,1-3H3. The van der Waals surface area contributed by atoms with Crippen LogP contribution in [0.3, 0.4) is 0 Å². The average molecular weight is 356 g/mol. The van der Waals surface area contributed by atoms with Gasteiger partial charge < -0.3 is 4.42 Å². The summed E-state index contributed by atoms with van der Waals surface area (Å²) in [6, 6.07) is 10.9. The van der Waals surface area contributed by atoms with Gasteiger partial charge in [-0.05, 0) is 55.7 Å². The van der Waals surface area contributed by atoms with Gasteiger partial charge in [0.25, 0.3) is 0 Å². The summed E-state index contributed by atoms with van der Waals surface area (Å²) >= 11 is 0. The smallest absolute Gasteiger partial charge is 0.241 e. The van der Waals surface area contributed by atoms with Crippen molar-refractivity contribution >= 4 is 10.0 Å². The van der Waals surface area contributed by atoms with Gasteiger partial charge in [0.15, 0.2) is 5.76 Å². The van der Waals surface area contributed by atoms with E-state index in [4.69, 9.17) is 4.42 Å². The minimum atomic E-state index is -3.63. The first-order valence-corrected chi connectivity index (χ1v) is 9.42. The van der Waals surface area contributed by atoms with Crippen molar-refractivity contribution in [3.05, 3.63) is 71.1 Å². The zero-order valence-corrected chi connectivity index (χ0v) is 15.2. The Labute approximate surface area is 147 Å². The monoisotopic (exact) mass is 356 g/mol. The van der Waals surface area contributed by atoms with Gasteiger partial charge in [0, 0.05) is 12.7 Å². The maximum atomic E-state index is 12.8. The molecule has 0 radical (unpaired) electrons. The highest BCUT2D eigenvalue weighted by Crippen LogP contribution is 2.24. The molecule has 0 unspecified atom stereocenters. The number of sulfonamides is 1. The van der Waals surface area contributed by atoms with Gasteiger partial charge in [-0.1, -0.05) is 23.8 Å². The van der Waals surface area contributed by atoms with Gasteiger partial charge in [0.2, 0.25) is 10.0 Å². The highest BCUT2D eigenvalue weighted by atomic mass is 32.2. The lowest BCUT2D eigenvalue weighted by Gasteiger charge is -2.14.